The van der Waals surface area contributed by atoms with Crippen molar-refractivity contribution >= 4 is 0 Å². The molecule has 114 valence electrons. The summed E-state index contributed by atoms with van der Waals surface area (Å²) >= 11 is 0. The second-order valence-electron chi connectivity index (χ2n) is 7.66. The monoisotopic (exact) mass is 268 g/mol. The summed E-state index contributed by atoms with van der Waals surface area (Å²) in [5, 5.41) is 3.65. The van der Waals surface area contributed by atoms with E-state index in [2.05, 4.69) is 51.9 Å². The van der Waals surface area contributed by atoms with Gasteiger partial charge in [-0.3, -0.25) is 0 Å². The average molecular weight is 268 g/mol. The molecular weight excluding hydrogens is 232 g/mol. The first-order valence-electron chi connectivity index (χ1n) is 8.28. The number of rotatable bonds is 5. The number of hydrogen-bond donors (Lipinski definition) is 1. The second kappa shape index (κ2) is 7.64. The Morgan fingerprint density at radius 1 is 1.05 bits per heavy atom. The Bertz CT molecular complexity index is 236. The van der Waals surface area contributed by atoms with Crippen LogP contribution in [0.25, 0.3) is 0 Å². The van der Waals surface area contributed by atoms with Crippen LogP contribution in [-0.2, 0) is 0 Å². The van der Waals surface area contributed by atoms with Crippen molar-refractivity contribution in [1.29, 1.82) is 0 Å². The highest BCUT2D eigenvalue weighted by Gasteiger charge is 2.25. The van der Waals surface area contributed by atoms with E-state index in [1.54, 1.807) is 0 Å². The van der Waals surface area contributed by atoms with E-state index < -0.39 is 0 Å². The van der Waals surface area contributed by atoms with Gasteiger partial charge in [-0.15, -0.1) is 0 Å². The molecule has 2 atom stereocenters. The lowest BCUT2D eigenvalue weighted by Crippen LogP contribution is -2.47. The van der Waals surface area contributed by atoms with Crippen molar-refractivity contribution < 1.29 is 0 Å². The summed E-state index contributed by atoms with van der Waals surface area (Å²) < 4.78 is 0. The summed E-state index contributed by atoms with van der Waals surface area (Å²) in [7, 11) is 2.34. The Morgan fingerprint density at radius 3 is 2.05 bits per heavy atom. The first-order valence-corrected chi connectivity index (χ1v) is 8.28. The quantitative estimate of drug-likeness (QED) is 0.757. The van der Waals surface area contributed by atoms with Gasteiger partial charge < -0.3 is 10.2 Å². The van der Waals surface area contributed by atoms with Gasteiger partial charge in [0.05, 0.1) is 0 Å². The van der Waals surface area contributed by atoms with Gasteiger partial charge in [0.1, 0.15) is 0 Å². The molecular formula is C17H36N2. The van der Waals surface area contributed by atoms with E-state index in [-0.39, 0.29) is 5.54 Å². The lowest BCUT2D eigenvalue weighted by Gasteiger charge is -2.37. The highest BCUT2D eigenvalue weighted by Crippen LogP contribution is 2.24. The Labute approximate surface area is 121 Å². The fourth-order valence-corrected chi connectivity index (χ4v) is 3.04. The van der Waals surface area contributed by atoms with Crippen LogP contribution in [0.15, 0.2) is 0 Å². The fraction of sp³-hybridized carbons (Fsp3) is 1.00. The third-order valence-electron chi connectivity index (χ3n) is 4.82. The van der Waals surface area contributed by atoms with Gasteiger partial charge in [0.15, 0.2) is 0 Å². The van der Waals surface area contributed by atoms with E-state index in [1.165, 1.54) is 38.5 Å². The molecule has 2 unspecified atom stereocenters. The number of hydrogen-bond acceptors (Lipinski definition) is 2. The second-order valence-corrected chi connectivity index (χ2v) is 7.66. The predicted octanol–water partition coefficient (Wildman–Crippen LogP) is 4.05. The summed E-state index contributed by atoms with van der Waals surface area (Å²) in [6.45, 7) is 12.6. The minimum Gasteiger partial charge on any atom is -0.312 e. The van der Waals surface area contributed by atoms with Crippen LogP contribution in [0.3, 0.4) is 0 Å². The Kier molecular flexibility index (Phi) is 6.82. The van der Waals surface area contributed by atoms with Crippen LogP contribution in [0.4, 0.5) is 0 Å². The van der Waals surface area contributed by atoms with Crippen LogP contribution in [0.5, 0.6) is 0 Å². The average Bonchev–Trinajstić information content (AvgIpc) is 2.62. The van der Waals surface area contributed by atoms with Gasteiger partial charge in [0.25, 0.3) is 0 Å². The van der Waals surface area contributed by atoms with Gasteiger partial charge >= 0.3 is 0 Å². The molecule has 2 heteroatoms. The zero-order valence-electron chi connectivity index (χ0n) is 14.1. The molecule has 0 saturated heterocycles. The van der Waals surface area contributed by atoms with Gasteiger partial charge in [-0.1, -0.05) is 32.6 Å². The van der Waals surface area contributed by atoms with Crippen molar-refractivity contribution in [3.8, 4) is 0 Å². The van der Waals surface area contributed by atoms with Crippen LogP contribution in [0.1, 0.15) is 73.1 Å². The maximum absolute atomic E-state index is 3.65. The normalized spacial score (nSPS) is 22.3. The molecule has 1 aliphatic carbocycles. The minimum atomic E-state index is 0.231. The smallest absolute Gasteiger partial charge is 0.0105 e. The summed E-state index contributed by atoms with van der Waals surface area (Å²) in [4.78, 5) is 2.65. The molecule has 0 radical (unpaired) electrons. The van der Waals surface area contributed by atoms with Crippen LogP contribution >= 0.6 is 0 Å². The molecule has 1 saturated carbocycles. The molecule has 0 amide bonds. The van der Waals surface area contributed by atoms with Crippen LogP contribution in [0.2, 0.25) is 0 Å². The molecule has 0 heterocycles. The standard InChI is InChI=1S/C17H36N2/c1-14(13-18-17(3,4)5)15(2)19(6)16-11-9-7-8-10-12-16/h14-16,18H,7-13H2,1-6H3. The van der Waals surface area contributed by atoms with Crippen molar-refractivity contribution in [2.45, 2.75) is 90.8 Å². The van der Waals surface area contributed by atoms with E-state index in [0.717, 1.165) is 12.6 Å². The highest BCUT2D eigenvalue weighted by atomic mass is 15.2. The first-order chi connectivity index (χ1) is 8.81. The van der Waals surface area contributed by atoms with Gasteiger partial charge in [-0.2, -0.15) is 0 Å². The van der Waals surface area contributed by atoms with Crippen LogP contribution < -0.4 is 5.32 Å². The molecule has 0 spiro atoms. The zero-order chi connectivity index (χ0) is 14.5. The third kappa shape index (κ3) is 6.27. The van der Waals surface area contributed by atoms with Crippen LogP contribution in [0, 0.1) is 5.92 Å². The molecule has 0 aromatic carbocycles. The van der Waals surface area contributed by atoms with Crippen molar-refractivity contribution in [1.82, 2.24) is 10.2 Å². The molecule has 1 aliphatic rings. The van der Waals surface area contributed by atoms with Crippen molar-refractivity contribution in [3.63, 3.8) is 0 Å². The van der Waals surface area contributed by atoms with Crippen LogP contribution in [-0.4, -0.2) is 36.1 Å². The molecule has 19 heavy (non-hydrogen) atoms. The summed E-state index contributed by atoms with van der Waals surface area (Å²) in [5.74, 6) is 0.701. The maximum atomic E-state index is 3.65. The summed E-state index contributed by atoms with van der Waals surface area (Å²) in [5.41, 5.74) is 0.231. The van der Waals surface area contributed by atoms with E-state index in [4.69, 9.17) is 0 Å². The molecule has 0 aliphatic heterocycles. The SMILES string of the molecule is CC(CNC(C)(C)C)C(C)N(C)C1CCCCCC1. The lowest BCUT2D eigenvalue weighted by molar-refractivity contribution is 0.125. The number of nitrogens with zero attached hydrogens (tertiary/aromatic N) is 1. The topological polar surface area (TPSA) is 15.3 Å². The van der Waals surface area contributed by atoms with E-state index in [9.17, 15) is 0 Å². The minimum absolute atomic E-state index is 0.231. The Balaban J connectivity index is 2.43. The Hall–Kier alpha value is -0.0800. The van der Waals surface area contributed by atoms with Crippen molar-refractivity contribution in [3.05, 3.63) is 0 Å². The third-order valence-corrected chi connectivity index (χ3v) is 4.82. The summed E-state index contributed by atoms with van der Waals surface area (Å²) in [6, 6.07) is 1.48. The van der Waals surface area contributed by atoms with Gasteiger partial charge in [0, 0.05) is 17.6 Å². The first kappa shape index (κ1) is 17.0. The fourth-order valence-electron chi connectivity index (χ4n) is 3.04. The largest absolute Gasteiger partial charge is 0.312 e. The van der Waals surface area contributed by atoms with Gasteiger partial charge in [0.2, 0.25) is 0 Å². The molecule has 0 bridgehead atoms. The zero-order valence-corrected chi connectivity index (χ0v) is 14.1. The molecule has 1 fully saturated rings. The molecule has 0 aromatic rings. The van der Waals surface area contributed by atoms with E-state index in [0.29, 0.717) is 12.0 Å². The maximum Gasteiger partial charge on any atom is 0.0105 e. The van der Waals surface area contributed by atoms with Gasteiger partial charge in [-0.25, -0.2) is 0 Å². The van der Waals surface area contributed by atoms with Crippen molar-refractivity contribution in [2.24, 2.45) is 5.92 Å². The summed E-state index contributed by atoms with van der Waals surface area (Å²) in [6.07, 6.45) is 8.55. The molecule has 1 rings (SSSR count). The molecule has 1 N–H and O–H groups in total. The van der Waals surface area contributed by atoms with Crippen molar-refractivity contribution in [2.75, 3.05) is 13.6 Å². The van der Waals surface area contributed by atoms with E-state index in [1.807, 2.05) is 0 Å². The highest BCUT2D eigenvalue weighted by molar-refractivity contribution is 4.81. The number of nitrogens with one attached hydrogen (secondary N) is 1. The predicted molar refractivity (Wildman–Crippen MR) is 85.6 cm³/mol. The lowest BCUT2D eigenvalue weighted by atomic mass is 9.97. The van der Waals surface area contributed by atoms with E-state index >= 15 is 0 Å². The molecule has 0 aromatic heterocycles. The van der Waals surface area contributed by atoms with Gasteiger partial charge in [-0.05, 0) is 60.0 Å². The molecule has 2 nitrogen and oxygen atoms in total. The Morgan fingerprint density at radius 2 is 1.58 bits per heavy atom.